The average Bonchev–Trinajstić information content (AvgIpc) is 2.79. The molecule has 0 amide bonds. The van der Waals surface area contributed by atoms with Crippen LogP contribution in [0.15, 0.2) is 91.2 Å². The van der Waals surface area contributed by atoms with E-state index in [4.69, 9.17) is 10.7 Å². The number of hydrogen-bond acceptors (Lipinski definition) is 3. The lowest BCUT2D eigenvalue weighted by Gasteiger charge is -2.14. The molecule has 29 heavy (non-hydrogen) atoms. The van der Waals surface area contributed by atoms with Gasteiger partial charge in [0.2, 0.25) is 0 Å². The van der Waals surface area contributed by atoms with Crippen molar-refractivity contribution in [3.8, 4) is 22.5 Å². The summed E-state index contributed by atoms with van der Waals surface area (Å²) in [5.41, 5.74) is 13.3. The second-order valence-electron chi connectivity index (χ2n) is 7.29. The number of rotatable bonds is 3. The van der Waals surface area contributed by atoms with Crippen LogP contribution in [0.2, 0.25) is 0 Å². The Hall–Kier alpha value is -3.72. The van der Waals surface area contributed by atoms with Crippen molar-refractivity contribution in [2.75, 3.05) is 5.73 Å². The zero-order valence-electron chi connectivity index (χ0n) is 16.0. The molecule has 0 spiro atoms. The first kappa shape index (κ1) is 17.4. The summed E-state index contributed by atoms with van der Waals surface area (Å²) in [6.45, 7) is 0. The molecule has 3 aromatic carbocycles. The number of nitrogen functional groups attached to an aromatic ring is 1. The van der Waals surface area contributed by atoms with Crippen LogP contribution in [0.4, 0.5) is 5.69 Å². The minimum Gasteiger partial charge on any atom is -0.399 e. The molecule has 1 heterocycles. The van der Waals surface area contributed by atoms with Crippen LogP contribution in [0.1, 0.15) is 18.4 Å². The Morgan fingerprint density at radius 1 is 0.793 bits per heavy atom. The van der Waals surface area contributed by atoms with E-state index >= 15 is 0 Å². The molecule has 140 valence electrons. The molecule has 0 fully saturated rings. The van der Waals surface area contributed by atoms with Gasteiger partial charge in [-0.05, 0) is 53.8 Å². The lowest BCUT2D eigenvalue weighted by Crippen LogP contribution is -1.95. The third kappa shape index (κ3) is 3.43. The second kappa shape index (κ2) is 7.36. The highest BCUT2D eigenvalue weighted by molar-refractivity contribution is 5.98. The van der Waals surface area contributed by atoms with Crippen molar-refractivity contribution in [3.63, 3.8) is 0 Å². The Morgan fingerprint density at radius 3 is 2.45 bits per heavy atom. The van der Waals surface area contributed by atoms with E-state index in [0.29, 0.717) is 0 Å². The smallest absolute Gasteiger partial charge is 0.159 e. The number of aromatic nitrogens is 2. The maximum atomic E-state index is 6.09. The van der Waals surface area contributed by atoms with E-state index in [1.54, 1.807) is 0 Å². The molecule has 1 aromatic heterocycles. The number of hydrogen-bond donors (Lipinski definition) is 1. The van der Waals surface area contributed by atoms with Gasteiger partial charge in [0.15, 0.2) is 5.82 Å². The molecule has 1 aliphatic rings. The first-order chi connectivity index (χ1) is 14.3. The summed E-state index contributed by atoms with van der Waals surface area (Å²) in [5.74, 6) is 0.729. The Balaban J connectivity index is 1.76. The Labute approximate surface area is 170 Å². The fourth-order valence-corrected chi connectivity index (χ4v) is 3.79. The molecule has 5 rings (SSSR count). The molecule has 0 radical (unpaired) electrons. The molecule has 1 aliphatic carbocycles. The summed E-state index contributed by atoms with van der Waals surface area (Å²) < 4.78 is 0. The van der Waals surface area contributed by atoms with Gasteiger partial charge >= 0.3 is 0 Å². The molecular formula is C26H21N3. The van der Waals surface area contributed by atoms with Crippen molar-refractivity contribution >= 4 is 22.2 Å². The van der Waals surface area contributed by atoms with Gasteiger partial charge < -0.3 is 5.73 Å². The Kier molecular flexibility index (Phi) is 4.41. The quantitative estimate of drug-likeness (QED) is 0.429. The normalized spacial score (nSPS) is 13.4. The summed E-state index contributed by atoms with van der Waals surface area (Å²) in [5, 5.41) is 1.03. The van der Waals surface area contributed by atoms with E-state index in [1.165, 1.54) is 11.1 Å². The lowest BCUT2D eigenvalue weighted by molar-refractivity contribution is 1.04. The average molecular weight is 375 g/mol. The van der Waals surface area contributed by atoms with Crippen molar-refractivity contribution in [1.29, 1.82) is 0 Å². The first-order valence-corrected chi connectivity index (χ1v) is 9.87. The number of benzene rings is 3. The number of nitrogens with zero attached hydrogens (tertiary/aromatic N) is 2. The highest BCUT2D eigenvalue weighted by atomic mass is 14.9. The highest BCUT2D eigenvalue weighted by Gasteiger charge is 2.13. The SMILES string of the molecule is Nc1cccc(-c2cc(C3=CCCC=C3)cc3cnc(-c4ccccc4)nc23)c1. The van der Waals surface area contributed by atoms with Gasteiger partial charge in [-0.25, -0.2) is 9.97 Å². The first-order valence-electron chi connectivity index (χ1n) is 9.87. The summed E-state index contributed by atoms with van der Waals surface area (Å²) in [7, 11) is 0. The van der Waals surface area contributed by atoms with Crippen LogP contribution in [0.25, 0.3) is 39.0 Å². The van der Waals surface area contributed by atoms with Crippen molar-refractivity contribution in [3.05, 3.63) is 96.7 Å². The van der Waals surface area contributed by atoms with E-state index in [-0.39, 0.29) is 0 Å². The fourth-order valence-electron chi connectivity index (χ4n) is 3.79. The van der Waals surface area contributed by atoms with Crippen molar-refractivity contribution < 1.29 is 0 Å². The Morgan fingerprint density at radius 2 is 1.66 bits per heavy atom. The van der Waals surface area contributed by atoms with Gasteiger partial charge in [-0.2, -0.15) is 0 Å². The number of allylic oxidation sites excluding steroid dienone is 4. The summed E-state index contributed by atoms with van der Waals surface area (Å²) in [6.07, 6.45) is 10.8. The van der Waals surface area contributed by atoms with E-state index in [1.807, 2.05) is 54.7 Å². The van der Waals surface area contributed by atoms with Crippen LogP contribution in [-0.4, -0.2) is 9.97 Å². The number of fused-ring (bicyclic) bond motifs is 1. The fraction of sp³-hybridized carbons (Fsp3) is 0.0769. The van der Waals surface area contributed by atoms with Gasteiger partial charge in [-0.15, -0.1) is 0 Å². The van der Waals surface area contributed by atoms with Gasteiger partial charge in [-0.3, -0.25) is 0 Å². The van der Waals surface area contributed by atoms with Crippen molar-refractivity contribution in [1.82, 2.24) is 9.97 Å². The molecule has 0 bridgehead atoms. The van der Waals surface area contributed by atoms with Gasteiger partial charge in [0.1, 0.15) is 0 Å². The number of nitrogens with two attached hydrogens (primary N) is 1. The summed E-state index contributed by atoms with van der Waals surface area (Å²) in [6, 6.07) is 22.5. The standard InChI is InChI=1S/C26H21N3/c27-23-13-7-12-20(15-23)24-16-21(18-8-3-1-4-9-18)14-22-17-28-26(29-25(22)24)19-10-5-2-6-11-19/h2-3,5-17H,1,4,27H2. The van der Waals surface area contributed by atoms with Crippen LogP contribution in [0.3, 0.4) is 0 Å². The van der Waals surface area contributed by atoms with Crippen LogP contribution >= 0.6 is 0 Å². The predicted octanol–water partition coefficient (Wildman–Crippen LogP) is 6.28. The third-order valence-electron chi connectivity index (χ3n) is 5.24. The monoisotopic (exact) mass is 375 g/mol. The van der Waals surface area contributed by atoms with E-state index in [9.17, 15) is 0 Å². The zero-order valence-corrected chi connectivity index (χ0v) is 16.0. The molecule has 4 aromatic rings. The van der Waals surface area contributed by atoms with Gasteiger partial charge in [-0.1, -0.05) is 60.7 Å². The third-order valence-corrected chi connectivity index (χ3v) is 5.24. The predicted molar refractivity (Wildman–Crippen MR) is 121 cm³/mol. The molecule has 0 aliphatic heterocycles. The van der Waals surface area contributed by atoms with Crippen LogP contribution < -0.4 is 5.73 Å². The Bertz CT molecular complexity index is 1250. The highest BCUT2D eigenvalue weighted by Crippen LogP contribution is 2.34. The summed E-state index contributed by atoms with van der Waals surface area (Å²) in [4.78, 5) is 9.59. The molecule has 2 N–H and O–H groups in total. The second-order valence-corrected chi connectivity index (χ2v) is 7.29. The van der Waals surface area contributed by atoms with E-state index in [2.05, 4.69) is 41.4 Å². The molecule has 0 unspecified atom stereocenters. The largest absolute Gasteiger partial charge is 0.399 e. The van der Waals surface area contributed by atoms with Gasteiger partial charge in [0.05, 0.1) is 5.52 Å². The maximum absolute atomic E-state index is 6.09. The van der Waals surface area contributed by atoms with Crippen LogP contribution in [0, 0.1) is 0 Å². The minimum absolute atomic E-state index is 0.729. The minimum atomic E-state index is 0.729. The maximum Gasteiger partial charge on any atom is 0.159 e. The molecule has 3 nitrogen and oxygen atoms in total. The molecule has 0 saturated carbocycles. The molecular weight excluding hydrogens is 354 g/mol. The lowest BCUT2D eigenvalue weighted by atomic mass is 9.93. The van der Waals surface area contributed by atoms with Gasteiger partial charge in [0, 0.05) is 28.4 Å². The van der Waals surface area contributed by atoms with Crippen LogP contribution in [-0.2, 0) is 0 Å². The van der Waals surface area contributed by atoms with Crippen molar-refractivity contribution in [2.24, 2.45) is 0 Å². The molecule has 0 saturated heterocycles. The zero-order chi connectivity index (χ0) is 19.6. The summed E-state index contributed by atoms with van der Waals surface area (Å²) >= 11 is 0. The number of anilines is 1. The van der Waals surface area contributed by atoms with Crippen LogP contribution in [0.5, 0.6) is 0 Å². The molecule has 0 atom stereocenters. The van der Waals surface area contributed by atoms with E-state index in [0.717, 1.165) is 51.9 Å². The van der Waals surface area contributed by atoms with Crippen molar-refractivity contribution in [2.45, 2.75) is 12.8 Å². The van der Waals surface area contributed by atoms with E-state index < -0.39 is 0 Å². The topological polar surface area (TPSA) is 51.8 Å². The molecule has 3 heteroatoms. The van der Waals surface area contributed by atoms with Gasteiger partial charge in [0.25, 0.3) is 0 Å².